The van der Waals surface area contributed by atoms with Crippen LogP contribution in [0.4, 0.5) is 0 Å². The maximum absolute atomic E-state index is 3.71. The molecular formula is C27H17Br. The van der Waals surface area contributed by atoms with E-state index in [1.807, 2.05) is 0 Å². The zero-order chi connectivity index (χ0) is 18.7. The lowest BCUT2D eigenvalue weighted by Gasteiger charge is -2.34. The molecule has 0 atom stereocenters. The average molecular weight is 421 g/mol. The van der Waals surface area contributed by atoms with Gasteiger partial charge in [0.1, 0.15) is 0 Å². The van der Waals surface area contributed by atoms with Crippen molar-refractivity contribution in [2.75, 3.05) is 0 Å². The van der Waals surface area contributed by atoms with Gasteiger partial charge in [0, 0.05) is 4.47 Å². The topological polar surface area (TPSA) is 0 Å². The average Bonchev–Trinajstić information content (AvgIpc) is 3.06. The van der Waals surface area contributed by atoms with Crippen LogP contribution in [0.3, 0.4) is 0 Å². The van der Waals surface area contributed by atoms with Gasteiger partial charge in [0.05, 0.1) is 5.41 Å². The van der Waals surface area contributed by atoms with Crippen molar-refractivity contribution >= 4 is 37.5 Å². The number of halogens is 1. The molecule has 0 nitrogen and oxygen atoms in total. The van der Waals surface area contributed by atoms with E-state index in [1.165, 1.54) is 43.8 Å². The van der Waals surface area contributed by atoms with Gasteiger partial charge >= 0.3 is 0 Å². The van der Waals surface area contributed by atoms with Crippen LogP contribution >= 0.6 is 15.9 Å². The first-order chi connectivity index (χ1) is 13.8. The molecule has 0 aromatic heterocycles. The molecule has 5 aromatic rings. The number of benzene rings is 5. The summed E-state index contributed by atoms with van der Waals surface area (Å²) < 4.78 is 1.11. The first-order valence-corrected chi connectivity index (χ1v) is 10.4. The summed E-state index contributed by atoms with van der Waals surface area (Å²) in [6.07, 6.45) is 0. The van der Waals surface area contributed by atoms with E-state index in [0.717, 1.165) is 4.47 Å². The standard InChI is InChI=1S/C27H17Br/c28-22-12-6-11-21(17-22)27(20-9-2-1-3-10-20)23-13-4-7-18-15-16-19-8-5-14-24(27)26(19)25(18)23/h1-17H. The summed E-state index contributed by atoms with van der Waals surface area (Å²) in [5, 5.41) is 5.40. The van der Waals surface area contributed by atoms with Crippen LogP contribution in [-0.2, 0) is 5.41 Å². The number of hydrogen-bond donors (Lipinski definition) is 0. The highest BCUT2D eigenvalue weighted by molar-refractivity contribution is 9.10. The Kier molecular flexibility index (Phi) is 3.33. The zero-order valence-electron chi connectivity index (χ0n) is 15.2. The van der Waals surface area contributed by atoms with E-state index in [2.05, 4.69) is 119 Å². The van der Waals surface area contributed by atoms with E-state index in [4.69, 9.17) is 0 Å². The van der Waals surface area contributed by atoms with Crippen LogP contribution in [0.5, 0.6) is 0 Å². The molecule has 0 amide bonds. The van der Waals surface area contributed by atoms with Crippen molar-refractivity contribution in [1.82, 2.24) is 0 Å². The van der Waals surface area contributed by atoms with Gasteiger partial charge in [-0.25, -0.2) is 0 Å². The van der Waals surface area contributed by atoms with Crippen LogP contribution in [0, 0.1) is 0 Å². The van der Waals surface area contributed by atoms with Crippen molar-refractivity contribution in [3.63, 3.8) is 0 Å². The fourth-order valence-electron chi connectivity index (χ4n) is 5.12. The molecule has 1 aliphatic carbocycles. The van der Waals surface area contributed by atoms with Crippen molar-refractivity contribution in [3.8, 4) is 0 Å². The molecule has 0 unspecified atom stereocenters. The summed E-state index contributed by atoms with van der Waals surface area (Å²) in [6, 6.07) is 37.7. The second-order valence-electron chi connectivity index (χ2n) is 7.50. The van der Waals surface area contributed by atoms with E-state index in [0.29, 0.717) is 0 Å². The molecule has 0 saturated heterocycles. The van der Waals surface area contributed by atoms with Crippen LogP contribution in [0.25, 0.3) is 21.5 Å². The van der Waals surface area contributed by atoms with E-state index < -0.39 is 0 Å². The van der Waals surface area contributed by atoms with E-state index in [-0.39, 0.29) is 5.41 Å². The second kappa shape index (κ2) is 5.80. The Morgan fingerprint density at radius 1 is 0.500 bits per heavy atom. The summed E-state index contributed by atoms with van der Waals surface area (Å²) >= 11 is 3.71. The van der Waals surface area contributed by atoms with Gasteiger partial charge in [0.2, 0.25) is 0 Å². The minimum absolute atomic E-state index is 0.312. The lowest BCUT2D eigenvalue weighted by Crippen LogP contribution is -2.28. The summed E-state index contributed by atoms with van der Waals surface area (Å²) in [5.41, 5.74) is 5.05. The van der Waals surface area contributed by atoms with Crippen LogP contribution < -0.4 is 0 Å². The minimum atomic E-state index is -0.312. The molecule has 6 rings (SSSR count). The monoisotopic (exact) mass is 420 g/mol. The Bertz CT molecular complexity index is 1300. The molecule has 0 saturated carbocycles. The van der Waals surface area contributed by atoms with Crippen molar-refractivity contribution < 1.29 is 0 Å². The zero-order valence-corrected chi connectivity index (χ0v) is 16.8. The van der Waals surface area contributed by atoms with Gasteiger partial charge < -0.3 is 0 Å². The van der Waals surface area contributed by atoms with Gasteiger partial charge in [-0.1, -0.05) is 107 Å². The lowest BCUT2D eigenvalue weighted by molar-refractivity contribution is 0.770. The molecule has 5 aromatic carbocycles. The van der Waals surface area contributed by atoms with Crippen LogP contribution in [0.1, 0.15) is 22.3 Å². The largest absolute Gasteiger partial charge is 0.0714 e. The molecule has 1 aliphatic rings. The Morgan fingerprint density at radius 3 is 1.68 bits per heavy atom. The molecule has 28 heavy (non-hydrogen) atoms. The third kappa shape index (κ3) is 1.95. The van der Waals surface area contributed by atoms with Crippen LogP contribution in [0.2, 0.25) is 0 Å². The lowest BCUT2D eigenvalue weighted by atomic mass is 9.67. The van der Waals surface area contributed by atoms with Crippen molar-refractivity contribution in [2.45, 2.75) is 5.41 Å². The molecule has 1 heteroatoms. The highest BCUT2D eigenvalue weighted by atomic mass is 79.9. The SMILES string of the molecule is Brc1cccc(C2(c3ccccc3)c3cccc4ccc5cccc2c5c34)c1. The summed E-state index contributed by atoms with van der Waals surface area (Å²) in [6.45, 7) is 0. The molecule has 0 bridgehead atoms. The predicted octanol–water partition coefficient (Wildman–Crippen LogP) is 7.45. The third-order valence-electron chi connectivity index (χ3n) is 6.16. The van der Waals surface area contributed by atoms with E-state index in [9.17, 15) is 0 Å². The van der Waals surface area contributed by atoms with Gasteiger partial charge in [-0.05, 0) is 55.9 Å². The smallest absolute Gasteiger partial charge is 0.0622 e. The number of rotatable bonds is 2. The first kappa shape index (κ1) is 16.1. The Labute approximate surface area is 172 Å². The highest BCUT2D eigenvalue weighted by Gasteiger charge is 2.44. The fraction of sp³-hybridized carbons (Fsp3) is 0.0370. The first-order valence-electron chi connectivity index (χ1n) is 9.57. The maximum atomic E-state index is 3.71. The van der Waals surface area contributed by atoms with Crippen LogP contribution in [-0.4, -0.2) is 0 Å². The molecule has 0 N–H and O–H groups in total. The Morgan fingerprint density at radius 2 is 1.07 bits per heavy atom. The van der Waals surface area contributed by atoms with E-state index in [1.54, 1.807) is 0 Å². The van der Waals surface area contributed by atoms with Gasteiger partial charge in [-0.2, -0.15) is 0 Å². The normalized spacial score (nSPS) is 14.2. The van der Waals surface area contributed by atoms with Gasteiger partial charge in [-0.15, -0.1) is 0 Å². The fourth-order valence-corrected chi connectivity index (χ4v) is 5.52. The summed E-state index contributed by atoms with van der Waals surface area (Å²) in [5.74, 6) is 0. The van der Waals surface area contributed by atoms with E-state index >= 15 is 0 Å². The van der Waals surface area contributed by atoms with Crippen LogP contribution in [0.15, 0.2) is 108 Å². The van der Waals surface area contributed by atoms with Gasteiger partial charge in [0.15, 0.2) is 0 Å². The molecular weight excluding hydrogens is 404 g/mol. The van der Waals surface area contributed by atoms with Crippen molar-refractivity contribution in [1.29, 1.82) is 0 Å². The maximum Gasteiger partial charge on any atom is 0.0714 e. The van der Waals surface area contributed by atoms with Gasteiger partial charge in [0.25, 0.3) is 0 Å². The molecule has 0 aliphatic heterocycles. The second-order valence-corrected chi connectivity index (χ2v) is 8.41. The summed E-state index contributed by atoms with van der Waals surface area (Å²) in [4.78, 5) is 0. The highest BCUT2D eigenvalue weighted by Crippen LogP contribution is 2.55. The Balaban J connectivity index is 1.89. The van der Waals surface area contributed by atoms with Gasteiger partial charge in [-0.3, -0.25) is 0 Å². The Hall–Kier alpha value is -2.90. The molecule has 132 valence electrons. The third-order valence-corrected chi connectivity index (χ3v) is 6.65. The predicted molar refractivity (Wildman–Crippen MR) is 121 cm³/mol. The molecule has 0 heterocycles. The number of hydrogen-bond acceptors (Lipinski definition) is 0. The van der Waals surface area contributed by atoms with Crippen molar-refractivity contribution in [3.05, 3.63) is 130 Å². The summed E-state index contributed by atoms with van der Waals surface area (Å²) in [7, 11) is 0. The van der Waals surface area contributed by atoms with Crippen molar-refractivity contribution in [2.24, 2.45) is 0 Å². The molecule has 0 spiro atoms. The molecule has 0 radical (unpaired) electrons. The minimum Gasteiger partial charge on any atom is -0.0622 e. The molecule has 0 fully saturated rings. The quantitative estimate of drug-likeness (QED) is 0.255.